The van der Waals surface area contributed by atoms with Crippen LogP contribution in [0.25, 0.3) is 11.3 Å². The van der Waals surface area contributed by atoms with Gasteiger partial charge in [-0.2, -0.15) is 0 Å². The van der Waals surface area contributed by atoms with E-state index in [1.54, 1.807) is 48.5 Å². The number of carbonyl (C=O) groups excluding carboxylic acids is 1. The van der Waals surface area contributed by atoms with E-state index in [2.05, 4.69) is 20.6 Å². The summed E-state index contributed by atoms with van der Waals surface area (Å²) in [5.74, 6) is 0.504. The van der Waals surface area contributed by atoms with Crippen LogP contribution in [0.1, 0.15) is 22.8 Å². The van der Waals surface area contributed by atoms with Crippen molar-refractivity contribution in [2.45, 2.75) is 13.5 Å². The van der Waals surface area contributed by atoms with Crippen molar-refractivity contribution < 1.29 is 9.53 Å². The monoisotopic (exact) mass is 337 g/mol. The molecule has 3 rings (SSSR count). The van der Waals surface area contributed by atoms with Crippen molar-refractivity contribution in [3.63, 3.8) is 0 Å². The van der Waals surface area contributed by atoms with E-state index in [1.165, 1.54) is 0 Å². The van der Waals surface area contributed by atoms with E-state index in [9.17, 15) is 4.79 Å². The molecule has 0 bridgehead atoms. The third-order valence-electron chi connectivity index (χ3n) is 3.57. The van der Waals surface area contributed by atoms with Crippen molar-refractivity contribution in [1.29, 1.82) is 0 Å². The molecule has 0 radical (unpaired) electrons. The van der Waals surface area contributed by atoms with Gasteiger partial charge in [0, 0.05) is 42.7 Å². The Labute approximate surface area is 145 Å². The summed E-state index contributed by atoms with van der Waals surface area (Å²) in [5.41, 5.74) is 2.88. The highest BCUT2D eigenvalue weighted by Crippen LogP contribution is 2.30. The number of rotatable bonds is 6. The molecule has 0 fully saturated rings. The summed E-state index contributed by atoms with van der Waals surface area (Å²) in [4.78, 5) is 16.2. The SMILES string of the molecule is CCNC(=O)c1ccc(OCc2cccnc2)c(-c2cn(C)nn2)c1. The molecule has 0 aliphatic carbocycles. The molecule has 1 amide bonds. The van der Waals surface area contributed by atoms with Crippen LogP contribution in [0.3, 0.4) is 0 Å². The molecule has 0 saturated heterocycles. The highest BCUT2D eigenvalue weighted by molar-refractivity contribution is 5.95. The molecule has 0 saturated carbocycles. The lowest BCUT2D eigenvalue weighted by Crippen LogP contribution is -2.22. The fourth-order valence-corrected chi connectivity index (χ4v) is 2.38. The number of aryl methyl sites for hydroxylation is 1. The standard InChI is InChI=1S/C18H19N5O2/c1-3-20-18(24)14-6-7-17(25-12-13-5-4-8-19-10-13)15(9-14)16-11-23(2)22-21-16/h4-11H,3,12H2,1-2H3,(H,20,24). The van der Waals surface area contributed by atoms with Crippen molar-refractivity contribution in [2.75, 3.05) is 6.54 Å². The minimum atomic E-state index is -0.133. The predicted molar refractivity (Wildman–Crippen MR) is 93.0 cm³/mol. The van der Waals surface area contributed by atoms with Gasteiger partial charge in [-0.15, -0.1) is 5.10 Å². The van der Waals surface area contributed by atoms with Crippen LogP contribution in [0.5, 0.6) is 5.75 Å². The first kappa shape index (κ1) is 16.6. The van der Waals surface area contributed by atoms with Crippen LogP contribution in [0.4, 0.5) is 0 Å². The molecule has 1 aromatic carbocycles. The van der Waals surface area contributed by atoms with E-state index in [4.69, 9.17) is 4.74 Å². The largest absolute Gasteiger partial charge is 0.488 e. The number of ether oxygens (including phenoxy) is 1. The van der Waals surface area contributed by atoms with Crippen molar-refractivity contribution >= 4 is 5.91 Å². The van der Waals surface area contributed by atoms with E-state index < -0.39 is 0 Å². The van der Waals surface area contributed by atoms with Crippen molar-refractivity contribution in [2.24, 2.45) is 7.05 Å². The molecule has 0 atom stereocenters. The van der Waals surface area contributed by atoms with E-state index in [0.29, 0.717) is 30.2 Å². The lowest BCUT2D eigenvalue weighted by Gasteiger charge is -2.12. The Morgan fingerprint density at radius 3 is 2.88 bits per heavy atom. The van der Waals surface area contributed by atoms with Gasteiger partial charge in [0.15, 0.2) is 0 Å². The summed E-state index contributed by atoms with van der Waals surface area (Å²) in [6.07, 6.45) is 5.26. The van der Waals surface area contributed by atoms with Gasteiger partial charge in [0.25, 0.3) is 5.91 Å². The Balaban J connectivity index is 1.91. The second-order valence-corrected chi connectivity index (χ2v) is 5.50. The minimum Gasteiger partial charge on any atom is -0.488 e. The quantitative estimate of drug-likeness (QED) is 0.746. The van der Waals surface area contributed by atoms with Gasteiger partial charge < -0.3 is 10.1 Å². The van der Waals surface area contributed by atoms with Gasteiger partial charge >= 0.3 is 0 Å². The van der Waals surface area contributed by atoms with Gasteiger partial charge in [-0.3, -0.25) is 14.5 Å². The summed E-state index contributed by atoms with van der Waals surface area (Å²) < 4.78 is 7.54. The number of nitrogens with zero attached hydrogens (tertiary/aromatic N) is 4. The lowest BCUT2D eigenvalue weighted by atomic mass is 10.1. The number of amides is 1. The van der Waals surface area contributed by atoms with Crippen LogP contribution >= 0.6 is 0 Å². The predicted octanol–water partition coefficient (Wildman–Crippen LogP) is 2.21. The Morgan fingerprint density at radius 1 is 1.32 bits per heavy atom. The molecule has 7 heteroatoms. The Hall–Kier alpha value is -3.22. The maximum absolute atomic E-state index is 12.1. The van der Waals surface area contributed by atoms with Gasteiger partial charge in [0.2, 0.25) is 0 Å². The van der Waals surface area contributed by atoms with Crippen LogP contribution < -0.4 is 10.1 Å². The third-order valence-corrected chi connectivity index (χ3v) is 3.57. The zero-order valence-corrected chi connectivity index (χ0v) is 14.1. The molecule has 0 aliphatic heterocycles. The number of carbonyl (C=O) groups is 1. The van der Waals surface area contributed by atoms with Crippen LogP contribution in [0.2, 0.25) is 0 Å². The molecule has 2 heterocycles. The molecule has 1 N–H and O–H groups in total. The van der Waals surface area contributed by atoms with E-state index in [0.717, 1.165) is 11.1 Å². The first-order chi connectivity index (χ1) is 12.2. The molecule has 128 valence electrons. The van der Waals surface area contributed by atoms with Gasteiger partial charge in [-0.05, 0) is 31.2 Å². The van der Waals surface area contributed by atoms with Crippen molar-refractivity contribution in [3.05, 3.63) is 60.0 Å². The average molecular weight is 337 g/mol. The zero-order chi connectivity index (χ0) is 17.6. The van der Waals surface area contributed by atoms with Crippen molar-refractivity contribution in [1.82, 2.24) is 25.3 Å². The number of nitrogens with one attached hydrogen (secondary N) is 1. The second-order valence-electron chi connectivity index (χ2n) is 5.50. The van der Waals surface area contributed by atoms with Gasteiger partial charge in [-0.25, -0.2) is 0 Å². The number of hydrogen-bond donors (Lipinski definition) is 1. The molecule has 0 aliphatic rings. The van der Waals surface area contributed by atoms with Crippen LogP contribution in [-0.2, 0) is 13.7 Å². The normalized spacial score (nSPS) is 10.5. The molecule has 2 aromatic heterocycles. The zero-order valence-electron chi connectivity index (χ0n) is 14.1. The number of benzene rings is 1. The highest BCUT2D eigenvalue weighted by Gasteiger charge is 2.14. The molecular formula is C18H19N5O2. The third kappa shape index (κ3) is 4.00. The summed E-state index contributed by atoms with van der Waals surface area (Å²) >= 11 is 0. The molecule has 25 heavy (non-hydrogen) atoms. The first-order valence-corrected chi connectivity index (χ1v) is 7.98. The Bertz CT molecular complexity index is 861. The summed E-state index contributed by atoms with van der Waals surface area (Å²) in [6, 6.07) is 9.10. The molecule has 3 aromatic rings. The Morgan fingerprint density at radius 2 is 2.20 bits per heavy atom. The molecule has 0 unspecified atom stereocenters. The fourth-order valence-electron chi connectivity index (χ4n) is 2.38. The van der Waals surface area contributed by atoms with Gasteiger partial charge in [0.05, 0.1) is 6.20 Å². The molecule has 7 nitrogen and oxygen atoms in total. The number of aromatic nitrogens is 4. The first-order valence-electron chi connectivity index (χ1n) is 7.98. The number of pyridine rings is 1. The lowest BCUT2D eigenvalue weighted by molar-refractivity contribution is 0.0956. The van der Waals surface area contributed by atoms with Crippen molar-refractivity contribution in [3.8, 4) is 17.0 Å². The van der Waals surface area contributed by atoms with Crippen LogP contribution in [0.15, 0.2) is 48.9 Å². The summed E-state index contributed by atoms with van der Waals surface area (Å²) in [6.45, 7) is 2.83. The topological polar surface area (TPSA) is 81.9 Å². The summed E-state index contributed by atoms with van der Waals surface area (Å²) in [5, 5.41) is 10.9. The average Bonchev–Trinajstić information content (AvgIpc) is 3.07. The van der Waals surface area contributed by atoms with E-state index in [1.807, 2.05) is 19.1 Å². The minimum absolute atomic E-state index is 0.133. The maximum Gasteiger partial charge on any atom is 0.251 e. The van der Waals surface area contributed by atoms with E-state index in [-0.39, 0.29) is 5.91 Å². The smallest absolute Gasteiger partial charge is 0.251 e. The molecular weight excluding hydrogens is 318 g/mol. The van der Waals surface area contributed by atoms with Gasteiger partial charge in [-0.1, -0.05) is 11.3 Å². The van der Waals surface area contributed by atoms with Crippen LogP contribution in [0, 0.1) is 0 Å². The Kier molecular flexibility index (Phi) is 5.03. The summed E-state index contributed by atoms with van der Waals surface area (Å²) in [7, 11) is 1.79. The van der Waals surface area contributed by atoms with Crippen LogP contribution in [-0.4, -0.2) is 32.4 Å². The van der Waals surface area contributed by atoms with E-state index >= 15 is 0 Å². The number of hydrogen-bond acceptors (Lipinski definition) is 5. The maximum atomic E-state index is 12.1. The van der Waals surface area contributed by atoms with Gasteiger partial charge in [0.1, 0.15) is 18.1 Å². The highest BCUT2D eigenvalue weighted by atomic mass is 16.5. The second kappa shape index (κ2) is 7.57. The fraction of sp³-hybridized carbons (Fsp3) is 0.222. The molecule has 0 spiro atoms.